The first-order valence-corrected chi connectivity index (χ1v) is 9.45. The normalized spacial score (nSPS) is 17.4. The number of imidazole rings is 1. The summed E-state index contributed by atoms with van der Waals surface area (Å²) in [5.74, 6) is 1.89. The molecule has 126 valence electrons. The molecule has 2 aromatic heterocycles. The number of hydrogen-bond donors (Lipinski definition) is 2. The maximum absolute atomic E-state index is 4.47. The first-order chi connectivity index (χ1) is 12.4. The van der Waals surface area contributed by atoms with Crippen molar-refractivity contribution in [2.45, 2.75) is 13.0 Å². The molecule has 0 saturated carbocycles. The van der Waals surface area contributed by atoms with Gasteiger partial charge >= 0.3 is 0 Å². The van der Waals surface area contributed by atoms with Gasteiger partial charge < -0.3 is 15.2 Å². The van der Waals surface area contributed by atoms with Gasteiger partial charge in [-0.15, -0.1) is 11.8 Å². The molecule has 0 fully saturated rings. The number of fused-ring (bicyclic) bond motifs is 2. The zero-order chi connectivity index (χ0) is 16.6. The van der Waals surface area contributed by atoms with Crippen LogP contribution in [0, 0.1) is 0 Å². The van der Waals surface area contributed by atoms with Gasteiger partial charge in [-0.3, -0.25) is 0 Å². The fourth-order valence-electron chi connectivity index (χ4n) is 3.42. The quantitative estimate of drug-likeness (QED) is 0.740. The second-order valence-electron chi connectivity index (χ2n) is 6.24. The molecule has 1 aromatic carbocycles. The van der Waals surface area contributed by atoms with Gasteiger partial charge in [0.15, 0.2) is 17.0 Å². The van der Waals surface area contributed by atoms with E-state index in [1.165, 1.54) is 21.6 Å². The van der Waals surface area contributed by atoms with E-state index in [1.807, 2.05) is 11.8 Å². The van der Waals surface area contributed by atoms with Crippen molar-refractivity contribution in [3.8, 4) is 0 Å². The van der Waals surface area contributed by atoms with E-state index in [-0.39, 0.29) is 0 Å². The lowest BCUT2D eigenvalue weighted by Crippen LogP contribution is -2.25. The topological polar surface area (TPSA) is 69.7 Å². The summed E-state index contributed by atoms with van der Waals surface area (Å²) < 4.78 is 0. The van der Waals surface area contributed by atoms with Crippen molar-refractivity contribution in [2.24, 2.45) is 0 Å². The highest BCUT2D eigenvalue weighted by molar-refractivity contribution is 8.08. The van der Waals surface area contributed by atoms with Crippen molar-refractivity contribution in [3.05, 3.63) is 53.7 Å². The summed E-state index contributed by atoms with van der Waals surface area (Å²) in [7, 11) is 0. The molecule has 0 radical (unpaired) electrons. The minimum atomic E-state index is 0.776. The molecule has 7 heteroatoms. The van der Waals surface area contributed by atoms with Gasteiger partial charge in [-0.25, -0.2) is 15.0 Å². The van der Waals surface area contributed by atoms with Gasteiger partial charge in [-0.05, 0) is 35.7 Å². The van der Waals surface area contributed by atoms with Gasteiger partial charge in [-0.1, -0.05) is 12.1 Å². The number of H-pyrrole nitrogens is 1. The molecule has 2 aliphatic rings. The first-order valence-electron chi connectivity index (χ1n) is 8.47. The van der Waals surface area contributed by atoms with E-state index in [2.05, 4.69) is 54.6 Å². The Balaban J connectivity index is 1.53. The van der Waals surface area contributed by atoms with Crippen molar-refractivity contribution in [1.82, 2.24) is 25.3 Å². The van der Waals surface area contributed by atoms with Crippen molar-refractivity contribution >= 4 is 33.6 Å². The second-order valence-corrected chi connectivity index (χ2v) is 7.38. The number of aromatic nitrogens is 4. The summed E-state index contributed by atoms with van der Waals surface area (Å²) >= 11 is 1.90. The third kappa shape index (κ3) is 2.69. The minimum Gasteiger partial charge on any atom is -0.329 e. The van der Waals surface area contributed by atoms with Crippen LogP contribution in [0.4, 0.5) is 5.82 Å². The van der Waals surface area contributed by atoms with E-state index < -0.39 is 0 Å². The summed E-state index contributed by atoms with van der Waals surface area (Å²) in [6, 6.07) is 6.85. The molecular weight excluding hydrogens is 332 g/mol. The monoisotopic (exact) mass is 350 g/mol. The Hall–Kier alpha value is -2.38. The number of anilines is 1. The number of thioether (sulfide) groups is 1. The predicted molar refractivity (Wildman–Crippen MR) is 101 cm³/mol. The van der Waals surface area contributed by atoms with Crippen molar-refractivity contribution in [3.63, 3.8) is 0 Å². The van der Waals surface area contributed by atoms with Crippen LogP contribution < -0.4 is 10.2 Å². The van der Waals surface area contributed by atoms with Crippen LogP contribution in [-0.4, -0.2) is 38.8 Å². The Kier molecular flexibility index (Phi) is 3.68. The Morgan fingerprint density at radius 2 is 2.12 bits per heavy atom. The average Bonchev–Trinajstić information content (AvgIpc) is 3.16. The molecule has 2 aliphatic heterocycles. The molecule has 6 nitrogen and oxygen atoms in total. The molecule has 0 saturated heterocycles. The van der Waals surface area contributed by atoms with Crippen LogP contribution in [0.3, 0.4) is 0 Å². The third-order valence-corrected chi connectivity index (χ3v) is 5.75. The first kappa shape index (κ1) is 14.9. The maximum Gasteiger partial charge on any atom is 0.164 e. The Morgan fingerprint density at radius 3 is 3.12 bits per heavy atom. The van der Waals surface area contributed by atoms with Gasteiger partial charge in [0.1, 0.15) is 6.33 Å². The second kappa shape index (κ2) is 6.16. The fraction of sp³-hybridized carbons (Fsp3) is 0.278. The molecule has 0 spiro atoms. The van der Waals surface area contributed by atoms with Gasteiger partial charge in [0.25, 0.3) is 0 Å². The fourth-order valence-corrected chi connectivity index (χ4v) is 4.42. The smallest absolute Gasteiger partial charge is 0.164 e. The maximum atomic E-state index is 4.47. The number of nitrogens with one attached hydrogen (secondary N) is 2. The highest BCUT2D eigenvalue weighted by atomic mass is 32.2. The molecule has 0 atom stereocenters. The van der Waals surface area contributed by atoms with Crippen LogP contribution in [0.5, 0.6) is 0 Å². The molecule has 2 N–H and O–H groups in total. The van der Waals surface area contributed by atoms with Crippen molar-refractivity contribution in [1.29, 1.82) is 0 Å². The van der Waals surface area contributed by atoms with E-state index >= 15 is 0 Å². The summed E-state index contributed by atoms with van der Waals surface area (Å²) in [5, 5.41) is 3.46. The lowest BCUT2D eigenvalue weighted by molar-refractivity contribution is 0.643. The lowest BCUT2D eigenvalue weighted by atomic mass is 9.98. The van der Waals surface area contributed by atoms with Crippen LogP contribution in [0.25, 0.3) is 16.1 Å². The number of rotatable bonds is 2. The lowest BCUT2D eigenvalue weighted by Gasteiger charge is -2.26. The van der Waals surface area contributed by atoms with E-state index in [0.717, 1.165) is 48.8 Å². The standard InChI is InChI=1S/C18H18N6S/c1-2-13(7-14-8-19-4-3-12(1)14)15-9-24(5-6-25-15)18-16-17(21-10-20-16)22-11-23-18/h1-2,7,9-11,19H,3-6,8H2,(H,20,21,22,23). The molecule has 0 bridgehead atoms. The summed E-state index contributed by atoms with van der Waals surface area (Å²) in [6.45, 7) is 2.95. The van der Waals surface area contributed by atoms with E-state index in [1.54, 1.807) is 12.7 Å². The number of hydrogen-bond acceptors (Lipinski definition) is 6. The molecule has 0 amide bonds. The van der Waals surface area contributed by atoms with Crippen molar-refractivity contribution < 1.29 is 0 Å². The Bertz CT molecular complexity index is 963. The molecule has 0 aliphatic carbocycles. The van der Waals surface area contributed by atoms with Crippen LogP contribution in [0.2, 0.25) is 0 Å². The highest BCUT2D eigenvalue weighted by Gasteiger charge is 2.19. The highest BCUT2D eigenvalue weighted by Crippen LogP contribution is 2.35. The van der Waals surface area contributed by atoms with Crippen LogP contribution >= 0.6 is 11.8 Å². The van der Waals surface area contributed by atoms with Gasteiger partial charge in [0.05, 0.1) is 6.33 Å². The third-order valence-electron chi connectivity index (χ3n) is 4.71. The van der Waals surface area contributed by atoms with Gasteiger partial charge in [-0.2, -0.15) is 0 Å². The van der Waals surface area contributed by atoms with E-state index in [4.69, 9.17) is 0 Å². The molecule has 25 heavy (non-hydrogen) atoms. The van der Waals surface area contributed by atoms with E-state index in [0.29, 0.717) is 0 Å². The van der Waals surface area contributed by atoms with Gasteiger partial charge in [0.2, 0.25) is 0 Å². The van der Waals surface area contributed by atoms with Crippen LogP contribution in [-0.2, 0) is 13.0 Å². The predicted octanol–water partition coefficient (Wildman–Crippen LogP) is 2.55. The number of aromatic amines is 1. The number of nitrogens with zero attached hydrogens (tertiary/aromatic N) is 4. The summed E-state index contributed by atoms with van der Waals surface area (Å²) in [5.41, 5.74) is 5.76. The molecule has 5 rings (SSSR count). The molecule has 3 aromatic rings. The van der Waals surface area contributed by atoms with Crippen molar-refractivity contribution in [2.75, 3.05) is 23.7 Å². The summed E-state index contributed by atoms with van der Waals surface area (Å²) in [4.78, 5) is 19.6. The average molecular weight is 350 g/mol. The van der Waals surface area contributed by atoms with E-state index in [9.17, 15) is 0 Å². The Morgan fingerprint density at radius 1 is 1.12 bits per heavy atom. The van der Waals surface area contributed by atoms with Gasteiger partial charge in [0, 0.05) is 29.9 Å². The molecular formula is C18H18N6S. The SMILES string of the molecule is C1=C(c2ccc3c(c2)CNCC3)SCCN1c1ncnc2[nH]cnc12. The van der Waals surface area contributed by atoms with Crippen LogP contribution in [0.1, 0.15) is 16.7 Å². The molecule has 0 unspecified atom stereocenters. The number of benzene rings is 1. The molecule has 4 heterocycles. The zero-order valence-corrected chi connectivity index (χ0v) is 14.5. The minimum absolute atomic E-state index is 0.776. The van der Waals surface area contributed by atoms with Crippen LogP contribution in [0.15, 0.2) is 37.1 Å². The summed E-state index contributed by atoms with van der Waals surface area (Å²) in [6.07, 6.45) is 6.58. The zero-order valence-electron chi connectivity index (χ0n) is 13.7. The Labute approximate surface area is 149 Å². The largest absolute Gasteiger partial charge is 0.329 e.